The largest absolute Gasteiger partial charge is 0.368 e. The zero-order valence-electron chi connectivity index (χ0n) is 11.0. The normalized spacial score (nSPS) is 11.3. The van der Waals surface area contributed by atoms with Crippen LogP contribution in [0, 0.1) is 11.3 Å². The van der Waals surface area contributed by atoms with Crippen LogP contribution in [0.3, 0.4) is 0 Å². The van der Waals surface area contributed by atoms with Crippen LogP contribution < -0.4 is 11.1 Å². The Kier molecular flexibility index (Phi) is 6.79. The van der Waals surface area contributed by atoms with Gasteiger partial charge in [-0.05, 0) is 12.0 Å². The lowest BCUT2D eigenvalue weighted by atomic mass is 10.1. The Labute approximate surface area is 117 Å². The summed E-state index contributed by atoms with van der Waals surface area (Å²) in [6, 6.07) is 10.5. The van der Waals surface area contributed by atoms with Crippen molar-refractivity contribution < 1.29 is 14.3 Å². The summed E-state index contributed by atoms with van der Waals surface area (Å²) < 4.78 is 5.24. The summed E-state index contributed by atoms with van der Waals surface area (Å²) in [6.07, 6.45) is 0.356. The lowest BCUT2D eigenvalue weighted by Crippen LogP contribution is -2.45. The summed E-state index contributed by atoms with van der Waals surface area (Å²) in [5.74, 6) is -1.08. The van der Waals surface area contributed by atoms with Crippen LogP contribution in [0.25, 0.3) is 0 Å². The van der Waals surface area contributed by atoms with Gasteiger partial charge < -0.3 is 15.8 Å². The first-order valence-electron chi connectivity index (χ1n) is 6.20. The van der Waals surface area contributed by atoms with E-state index < -0.39 is 17.9 Å². The van der Waals surface area contributed by atoms with Gasteiger partial charge in [0.1, 0.15) is 12.6 Å². The number of nitrogens with two attached hydrogens (primary N) is 1. The third kappa shape index (κ3) is 5.98. The molecule has 0 spiro atoms. The summed E-state index contributed by atoms with van der Waals surface area (Å²) >= 11 is 0. The molecular weight excluding hydrogens is 258 g/mol. The first-order valence-corrected chi connectivity index (χ1v) is 6.20. The molecule has 106 valence electrons. The van der Waals surface area contributed by atoms with Gasteiger partial charge in [-0.1, -0.05) is 30.3 Å². The Morgan fingerprint density at radius 2 is 2.05 bits per heavy atom. The predicted molar refractivity (Wildman–Crippen MR) is 72.1 cm³/mol. The second-order valence-corrected chi connectivity index (χ2v) is 4.20. The molecule has 0 aliphatic heterocycles. The number of hydrogen-bond donors (Lipinski definition) is 2. The lowest BCUT2D eigenvalue weighted by molar-refractivity contribution is -0.130. The molecule has 0 radical (unpaired) electrons. The molecule has 0 unspecified atom stereocenters. The first kappa shape index (κ1) is 15.7. The van der Waals surface area contributed by atoms with E-state index in [4.69, 9.17) is 15.7 Å². The van der Waals surface area contributed by atoms with E-state index >= 15 is 0 Å². The summed E-state index contributed by atoms with van der Waals surface area (Å²) in [5, 5.41) is 10.9. The van der Waals surface area contributed by atoms with Crippen molar-refractivity contribution in [2.45, 2.75) is 25.5 Å². The van der Waals surface area contributed by atoms with Crippen LogP contribution in [0.4, 0.5) is 0 Å². The van der Waals surface area contributed by atoms with Gasteiger partial charge in [0.15, 0.2) is 0 Å². The van der Waals surface area contributed by atoms with Crippen LogP contribution >= 0.6 is 0 Å². The van der Waals surface area contributed by atoms with E-state index in [0.717, 1.165) is 5.56 Å². The second-order valence-electron chi connectivity index (χ2n) is 4.20. The Hall–Kier alpha value is -2.39. The van der Waals surface area contributed by atoms with Crippen molar-refractivity contribution in [1.82, 2.24) is 5.32 Å². The number of benzene rings is 1. The van der Waals surface area contributed by atoms with E-state index in [9.17, 15) is 9.59 Å². The minimum atomic E-state index is -0.831. The van der Waals surface area contributed by atoms with E-state index in [1.807, 2.05) is 36.4 Å². The zero-order valence-corrected chi connectivity index (χ0v) is 11.0. The third-order valence-corrected chi connectivity index (χ3v) is 2.57. The monoisotopic (exact) mass is 275 g/mol. The maximum Gasteiger partial charge on any atom is 0.246 e. The molecule has 6 nitrogen and oxygen atoms in total. The van der Waals surface area contributed by atoms with Crippen LogP contribution in [-0.4, -0.2) is 24.5 Å². The van der Waals surface area contributed by atoms with Crippen LogP contribution in [-0.2, 0) is 20.9 Å². The summed E-state index contributed by atoms with van der Waals surface area (Å²) in [7, 11) is 0. The third-order valence-electron chi connectivity index (χ3n) is 2.57. The van der Waals surface area contributed by atoms with E-state index in [-0.39, 0.29) is 19.4 Å². The highest BCUT2D eigenvalue weighted by Gasteiger charge is 2.17. The lowest BCUT2D eigenvalue weighted by Gasteiger charge is -2.14. The minimum Gasteiger partial charge on any atom is -0.368 e. The number of amides is 2. The van der Waals surface area contributed by atoms with Crippen LogP contribution in [0.15, 0.2) is 30.3 Å². The molecule has 0 saturated heterocycles. The van der Waals surface area contributed by atoms with Gasteiger partial charge in [-0.2, -0.15) is 5.26 Å². The first-order chi connectivity index (χ1) is 9.63. The van der Waals surface area contributed by atoms with Gasteiger partial charge in [-0.15, -0.1) is 0 Å². The molecule has 0 aliphatic rings. The molecule has 0 aromatic heterocycles. The molecule has 0 aliphatic carbocycles. The highest BCUT2D eigenvalue weighted by atomic mass is 16.5. The van der Waals surface area contributed by atoms with Crippen molar-refractivity contribution >= 4 is 11.8 Å². The fourth-order valence-corrected chi connectivity index (χ4v) is 1.57. The van der Waals surface area contributed by atoms with Gasteiger partial charge in [-0.3, -0.25) is 9.59 Å². The minimum absolute atomic E-state index is 0.152. The molecule has 1 aromatic rings. The number of nitrogens with one attached hydrogen (secondary N) is 1. The summed E-state index contributed by atoms with van der Waals surface area (Å²) in [5.41, 5.74) is 6.10. The molecule has 6 heteroatoms. The quantitative estimate of drug-likeness (QED) is 0.719. The standard InChI is InChI=1S/C14H17N3O3/c15-8-4-7-12(14(16)19)17-13(18)10-20-9-11-5-2-1-3-6-11/h1-3,5-6,12H,4,7,9-10H2,(H2,16,19)(H,17,18)/t12-/m1/s1. The van der Waals surface area contributed by atoms with Crippen molar-refractivity contribution in [3.63, 3.8) is 0 Å². The molecule has 0 heterocycles. The Morgan fingerprint density at radius 3 is 2.65 bits per heavy atom. The number of ether oxygens (including phenoxy) is 1. The maximum absolute atomic E-state index is 11.6. The molecule has 20 heavy (non-hydrogen) atoms. The summed E-state index contributed by atoms with van der Waals surface area (Å²) in [6.45, 7) is 0.152. The number of carbonyl (C=O) groups excluding carboxylic acids is 2. The average molecular weight is 275 g/mol. The van der Waals surface area contributed by atoms with E-state index in [1.54, 1.807) is 0 Å². The van der Waals surface area contributed by atoms with Crippen LogP contribution in [0.1, 0.15) is 18.4 Å². The van der Waals surface area contributed by atoms with Crippen molar-refractivity contribution in [1.29, 1.82) is 5.26 Å². The van der Waals surface area contributed by atoms with Gasteiger partial charge >= 0.3 is 0 Å². The van der Waals surface area contributed by atoms with Crippen LogP contribution in [0.5, 0.6) is 0 Å². The Balaban J connectivity index is 2.31. The van der Waals surface area contributed by atoms with Gasteiger partial charge in [0.25, 0.3) is 0 Å². The topological polar surface area (TPSA) is 105 Å². The van der Waals surface area contributed by atoms with Gasteiger partial charge in [-0.25, -0.2) is 0 Å². The highest BCUT2D eigenvalue weighted by molar-refractivity contribution is 5.86. The van der Waals surface area contributed by atoms with Crippen molar-refractivity contribution in [3.05, 3.63) is 35.9 Å². The molecule has 1 atom stereocenters. The van der Waals surface area contributed by atoms with Gasteiger partial charge in [0, 0.05) is 6.42 Å². The SMILES string of the molecule is N#CCC[C@@H](NC(=O)COCc1ccccc1)C(N)=O. The number of nitriles is 1. The number of hydrogen-bond acceptors (Lipinski definition) is 4. The highest BCUT2D eigenvalue weighted by Crippen LogP contribution is 2.00. The van der Waals surface area contributed by atoms with Gasteiger partial charge in [0.05, 0.1) is 12.7 Å². The second kappa shape index (κ2) is 8.67. The van der Waals surface area contributed by atoms with E-state index in [0.29, 0.717) is 6.61 Å². The molecular formula is C14H17N3O3. The van der Waals surface area contributed by atoms with Gasteiger partial charge in [0.2, 0.25) is 11.8 Å². The fraction of sp³-hybridized carbons (Fsp3) is 0.357. The molecule has 0 saturated carbocycles. The number of rotatable bonds is 8. The maximum atomic E-state index is 11.6. The number of carbonyl (C=O) groups is 2. The molecule has 1 rings (SSSR count). The van der Waals surface area contributed by atoms with Crippen molar-refractivity contribution in [2.75, 3.05) is 6.61 Å². The zero-order chi connectivity index (χ0) is 14.8. The molecule has 0 bridgehead atoms. The fourth-order valence-electron chi connectivity index (χ4n) is 1.57. The van der Waals surface area contributed by atoms with Crippen molar-refractivity contribution in [3.8, 4) is 6.07 Å². The van der Waals surface area contributed by atoms with E-state index in [1.165, 1.54) is 0 Å². The Morgan fingerprint density at radius 1 is 1.35 bits per heavy atom. The molecule has 0 fully saturated rings. The molecule has 2 amide bonds. The Bertz CT molecular complexity index is 482. The van der Waals surface area contributed by atoms with E-state index in [2.05, 4.69) is 5.32 Å². The summed E-state index contributed by atoms with van der Waals surface area (Å²) in [4.78, 5) is 22.7. The van der Waals surface area contributed by atoms with Crippen molar-refractivity contribution in [2.24, 2.45) is 5.73 Å². The van der Waals surface area contributed by atoms with Crippen LogP contribution in [0.2, 0.25) is 0 Å². The smallest absolute Gasteiger partial charge is 0.246 e. The predicted octanol–water partition coefficient (Wildman–Crippen LogP) is 0.477. The molecule has 1 aromatic carbocycles. The molecule has 3 N–H and O–H groups in total. The number of primary amides is 1. The number of nitrogens with zero attached hydrogens (tertiary/aromatic N) is 1. The average Bonchev–Trinajstić information content (AvgIpc) is 2.44.